The first-order valence-electron chi connectivity index (χ1n) is 9.07. The monoisotopic (exact) mass is 464 g/mol. The zero-order chi connectivity index (χ0) is 24.3. The van der Waals surface area contributed by atoms with E-state index in [0.29, 0.717) is 5.56 Å². The standard InChI is InChI=1S/C21H15F3N2O7/c22-21(23,24)33-12-7-5-11(6-8-12)32-9-10-3-1-2-4-13(10)14-15(19(28)29)17(25)26-18(27)16(14)20(30)31/h1-8H,9H2,(H,28,29)(H,30,31)(H3,25,26,27). The summed E-state index contributed by atoms with van der Waals surface area (Å²) in [6, 6.07) is 10.5. The van der Waals surface area contributed by atoms with E-state index in [-0.39, 0.29) is 17.9 Å². The van der Waals surface area contributed by atoms with E-state index in [1.54, 1.807) is 6.07 Å². The second-order valence-electron chi connectivity index (χ2n) is 6.57. The van der Waals surface area contributed by atoms with Crippen LogP contribution in [0, 0.1) is 0 Å². The highest BCUT2D eigenvalue weighted by Crippen LogP contribution is 2.32. The number of anilines is 1. The molecule has 3 rings (SSSR count). The number of aromatic nitrogens is 1. The number of pyridine rings is 1. The summed E-state index contributed by atoms with van der Waals surface area (Å²) in [4.78, 5) is 37.8. The van der Waals surface area contributed by atoms with Crippen molar-refractivity contribution >= 4 is 17.8 Å². The number of benzene rings is 2. The van der Waals surface area contributed by atoms with Crippen molar-refractivity contribution in [3.63, 3.8) is 0 Å². The Hall–Kier alpha value is -4.48. The lowest BCUT2D eigenvalue weighted by Crippen LogP contribution is -2.24. The molecule has 0 atom stereocenters. The number of carbonyl (C=O) groups is 2. The third-order valence-electron chi connectivity index (χ3n) is 4.41. The first-order valence-corrected chi connectivity index (χ1v) is 9.07. The first-order chi connectivity index (χ1) is 15.5. The van der Waals surface area contributed by atoms with Crippen LogP contribution in [0.3, 0.4) is 0 Å². The number of carboxylic acids is 2. The van der Waals surface area contributed by atoms with Crippen LogP contribution in [0.15, 0.2) is 53.3 Å². The van der Waals surface area contributed by atoms with Crippen LogP contribution in [-0.4, -0.2) is 33.5 Å². The van der Waals surface area contributed by atoms with E-state index in [4.69, 9.17) is 10.5 Å². The zero-order valence-corrected chi connectivity index (χ0v) is 16.5. The van der Waals surface area contributed by atoms with Gasteiger partial charge in [0.15, 0.2) is 0 Å². The van der Waals surface area contributed by atoms with Gasteiger partial charge in [0.05, 0.1) is 0 Å². The van der Waals surface area contributed by atoms with Crippen molar-refractivity contribution in [1.29, 1.82) is 0 Å². The highest BCUT2D eigenvalue weighted by molar-refractivity contribution is 6.07. The Balaban J connectivity index is 2.01. The van der Waals surface area contributed by atoms with Crippen LogP contribution in [0.5, 0.6) is 11.5 Å². The van der Waals surface area contributed by atoms with Gasteiger partial charge in [-0.1, -0.05) is 24.3 Å². The number of hydrogen-bond donors (Lipinski definition) is 4. The van der Waals surface area contributed by atoms with E-state index in [1.165, 1.54) is 30.3 Å². The van der Waals surface area contributed by atoms with Gasteiger partial charge < -0.3 is 30.4 Å². The molecule has 0 aliphatic rings. The van der Waals surface area contributed by atoms with Crippen molar-refractivity contribution in [2.75, 3.05) is 5.73 Å². The summed E-state index contributed by atoms with van der Waals surface area (Å²) in [6.45, 7) is -0.236. The Kier molecular flexibility index (Phi) is 6.28. The molecular weight excluding hydrogens is 449 g/mol. The maximum absolute atomic E-state index is 12.3. The number of aromatic amines is 1. The number of alkyl halides is 3. The van der Waals surface area contributed by atoms with Gasteiger partial charge in [0.1, 0.15) is 35.1 Å². The summed E-state index contributed by atoms with van der Waals surface area (Å²) in [6.07, 6.45) is -4.85. The molecule has 2 aromatic carbocycles. The molecule has 0 saturated heterocycles. The fourth-order valence-corrected chi connectivity index (χ4v) is 3.10. The molecule has 5 N–H and O–H groups in total. The van der Waals surface area contributed by atoms with Crippen LogP contribution < -0.4 is 20.8 Å². The molecule has 3 aromatic rings. The van der Waals surface area contributed by atoms with Crippen molar-refractivity contribution in [3.05, 3.63) is 75.6 Å². The number of rotatable bonds is 7. The topological polar surface area (TPSA) is 152 Å². The summed E-state index contributed by atoms with van der Waals surface area (Å²) in [7, 11) is 0. The van der Waals surface area contributed by atoms with E-state index in [0.717, 1.165) is 12.1 Å². The summed E-state index contributed by atoms with van der Waals surface area (Å²) >= 11 is 0. The fourth-order valence-electron chi connectivity index (χ4n) is 3.10. The number of ether oxygens (including phenoxy) is 2. The number of carboxylic acid groups (broad SMARTS) is 2. The lowest BCUT2D eigenvalue weighted by atomic mass is 9.92. The number of nitrogens with two attached hydrogens (primary N) is 1. The molecule has 12 heteroatoms. The van der Waals surface area contributed by atoms with Gasteiger partial charge in [0, 0.05) is 5.56 Å². The highest BCUT2D eigenvalue weighted by atomic mass is 19.4. The Morgan fingerprint density at radius 2 is 1.52 bits per heavy atom. The van der Waals surface area contributed by atoms with E-state index >= 15 is 0 Å². The minimum absolute atomic E-state index is 0.0714. The zero-order valence-electron chi connectivity index (χ0n) is 16.5. The van der Waals surface area contributed by atoms with Gasteiger partial charge in [0.25, 0.3) is 5.56 Å². The van der Waals surface area contributed by atoms with Crippen molar-refractivity contribution in [3.8, 4) is 22.6 Å². The van der Waals surface area contributed by atoms with Gasteiger partial charge in [-0.25, -0.2) is 9.59 Å². The molecule has 1 aromatic heterocycles. The van der Waals surface area contributed by atoms with E-state index in [1.807, 2.05) is 4.98 Å². The van der Waals surface area contributed by atoms with Crippen LogP contribution in [-0.2, 0) is 6.61 Å². The van der Waals surface area contributed by atoms with Crippen molar-refractivity contribution in [2.45, 2.75) is 13.0 Å². The second kappa shape index (κ2) is 8.94. The predicted molar refractivity (Wildman–Crippen MR) is 108 cm³/mol. The summed E-state index contributed by atoms with van der Waals surface area (Å²) in [5.74, 6) is -4.04. The van der Waals surface area contributed by atoms with Crippen LogP contribution in [0.2, 0.25) is 0 Å². The van der Waals surface area contributed by atoms with Crippen molar-refractivity contribution in [1.82, 2.24) is 4.98 Å². The van der Waals surface area contributed by atoms with Gasteiger partial charge >= 0.3 is 18.3 Å². The summed E-state index contributed by atoms with van der Waals surface area (Å²) in [5, 5.41) is 19.1. The number of H-pyrrole nitrogens is 1. The number of halogens is 3. The molecule has 0 saturated carbocycles. The van der Waals surface area contributed by atoms with Crippen LogP contribution >= 0.6 is 0 Å². The minimum Gasteiger partial charge on any atom is -0.489 e. The SMILES string of the molecule is Nc1[nH]c(=O)c(C(=O)O)c(-c2ccccc2COc2ccc(OC(F)(F)F)cc2)c1C(=O)O. The predicted octanol–water partition coefficient (Wildman–Crippen LogP) is 3.50. The molecule has 0 amide bonds. The third kappa shape index (κ3) is 5.23. The first kappa shape index (κ1) is 23.2. The van der Waals surface area contributed by atoms with Crippen LogP contribution in [0.4, 0.5) is 19.0 Å². The Morgan fingerprint density at radius 1 is 0.939 bits per heavy atom. The highest BCUT2D eigenvalue weighted by Gasteiger charge is 2.31. The van der Waals surface area contributed by atoms with E-state index in [9.17, 15) is 37.8 Å². The number of hydrogen-bond acceptors (Lipinski definition) is 6. The molecule has 0 spiro atoms. The van der Waals surface area contributed by atoms with Crippen LogP contribution in [0.25, 0.3) is 11.1 Å². The lowest BCUT2D eigenvalue weighted by Gasteiger charge is -2.16. The summed E-state index contributed by atoms with van der Waals surface area (Å²) in [5.41, 5.74) is 3.11. The molecule has 0 aliphatic carbocycles. The largest absolute Gasteiger partial charge is 0.573 e. The number of aromatic carboxylic acids is 2. The maximum Gasteiger partial charge on any atom is 0.573 e. The lowest BCUT2D eigenvalue weighted by molar-refractivity contribution is -0.274. The van der Waals surface area contributed by atoms with Gasteiger partial charge in [-0.2, -0.15) is 0 Å². The second-order valence-corrected chi connectivity index (χ2v) is 6.57. The normalized spacial score (nSPS) is 11.1. The fraction of sp³-hybridized carbons (Fsp3) is 0.0952. The third-order valence-corrected chi connectivity index (χ3v) is 4.41. The molecule has 0 aliphatic heterocycles. The van der Waals surface area contributed by atoms with Crippen molar-refractivity contribution in [2.24, 2.45) is 0 Å². The molecule has 0 fully saturated rings. The number of nitrogens with one attached hydrogen (secondary N) is 1. The maximum atomic E-state index is 12.3. The van der Waals surface area contributed by atoms with E-state index in [2.05, 4.69) is 4.74 Å². The van der Waals surface area contributed by atoms with E-state index < -0.39 is 52.1 Å². The van der Waals surface area contributed by atoms with Gasteiger partial charge in [-0.3, -0.25) is 4.79 Å². The molecule has 33 heavy (non-hydrogen) atoms. The smallest absolute Gasteiger partial charge is 0.489 e. The molecule has 0 bridgehead atoms. The Bertz CT molecular complexity index is 1270. The molecule has 172 valence electrons. The Labute approximate surface area is 182 Å². The molecule has 9 nitrogen and oxygen atoms in total. The molecule has 0 radical (unpaired) electrons. The molecule has 1 heterocycles. The molecular formula is C21H15F3N2O7. The average Bonchev–Trinajstić information content (AvgIpc) is 2.71. The number of nitrogen functional groups attached to an aromatic ring is 1. The van der Waals surface area contributed by atoms with Crippen LogP contribution in [0.1, 0.15) is 26.3 Å². The van der Waals surface area contributed by atoms with Crippen molar-refractivity contribution < 1.29 is 42.4 Å². The van der Waals surface area contributed by atoms with Gasteiger partial charge in [-0.15, -0.1) is 13.2 Å². The molecule has 0 unspecified atom stereocenters. The minimum atomic E-state index is -4.85. The van der Waals surface area contributed by atoms with Gasteiger partial charge in [0.2, 0.25) is 0 Å². The quantitative estimate of drug-likeness (QED) is 0.415. The average molecular weight is 464 g/mol. The summed E-state index contributed by atoms with van der Waals surface area (Å²) < 4.78 is 46.2. The Morgan fingerprint density at radius 3 is 2.09 bits per heavy atom. The van der Waals surface area contributed by atoms with Gasteiger partial charge in [-0.05, 0) is 35.4 Å².